The Morgan fingerprint density at radius 2 is 1.87 bits per heavy atom. The zero-order valence-corrected chi connectivity index (χ0v) is 21.1. The molecule has 0 amide bonds. The van der Waals surface area contributed by atoms with Gasteiger partial charge in [-0.05, 0) is 42.3 Å². The first-order valence-corrected chi connectivity index (χ1v) is 11.2. The molecule has 0 bridgehead atoms. The summed E-state index contributed by atoms with van der Waals surface area (Å²) in [7, 11) is -0.160. The molecule has 0 saturated carbocycles. The maximum absolute atomic E-state index is 13.4. The first-order chi connectivity index (χ1) is 14.4. The van der Waals surface area contributed by atoms with Gasteiger partial charge in [-0.25, -0.2) is 22.5 Å². The summed E-state index contributed by atoms with van der Waals surface area (Å²) >= 11 is 0. The minimum Gasteiger partial charge on any atom is -0.383 e. The fraction of sp³-hybridized carbons (Fsp3) is 0.381. The predicted molar refractivity (Wildman–Crippen MR) is 132 cm³/mol. The van der Waals surface area contributed by atoms with Gasteiger partial charge in [-0.15, -0.1) is 24.0 Å². The number of methoxy groups -OCH3 is 1. The summed E-state index contributed by atoms with van der Waals surface area (Å²) in [5, 5.41) is 3.22. The van der Waals surface area contributed by atoms with Crippen LogP contribution in [0, 0.1) is 5.82 Å². The summed E-state index contributed by atoms with van der Waals surface area (Å²) in [5.74, 6) is 0.411. The third-order valence-electron chi connectivity index (χ3n) is 4.25. The molecular formula is C21H30FIN4O3S. The van der Waals surface area contributed by atoms with E-state index in [9.17, 15) is 12.8 Å². The van der Waals surface area contributed by atoms with Crippen molar-refractivity contribution in [2.75, 3.05) is 33.9 Å². The minimum absolute atomic E-state index is 0. The lowest BCUT2D eigenvalue weighted by Gasteiger charge is -2.22. The van der Waals surface area contributed by atoms with Gasteiger partial charge in [0.1, 0.15) is 5.82 Å². The van der Waals surface area contributed by atoms with Crippen LogP contribution in [0.15, 0.2) is 58.4 Å². The lowest BCUT2D eigenvalue weighted by atomic mass is 10.2. The van der Waals surface area contributed by atoms with Crippen molar-refractivity contribution >= 4 is 40.0 Å². The zero-order chi connectivity index (χ0) is 22.0. The highest BCUT2D eigenvalue weighted by Gasteiger charge is 2.13. The second-order valence-corrected chi connectivity index (χ2v) is 8.46. The highest BCUT2D eigenvalue weighted by atomic mass is 127. The molecule has 0 fully saturated rings. The normalized spacial score (nSPS) is 11.7. The third kappa shape index (κ3) is 9.09. The minimum atomic E-state index is -3.56. The molecule has 0 aliphatic heterocycles. The van der Waals surface area contributed by atoms with Crippen molar-refractivity contribution in [2.45, 2.75) is 24.9 Å². The molecule has 10 heteroatoms. The van der Waals surface area contributed by atoms with Crippen LogP contribution in [0.1, 0.15) is 18.1 Å². The number of nitrogens with one attached hydrogen (secondary N) is 2. The molecule has 2 rings (SSSR count). The largest absolute Gasteiger partial charge is 0.383 e. The standard InChI is InChI=1S/C21H29FN4O3S.HI/c1-4-23-21(26(2)16-18-6-5-7-19(22)14-18)24-15-17-8-10-20(11-9-17)30(27,28)25-12-13-29-3;/h5-11,14,25H,4,12-13,15-16H2,1-3H3,(H,23,24);1H. The van der Waals surface area contributed by atoms with Crippen molar-refractivity contribution in [1.82, 2.24) is 14.9 Å². The highest BCUT2D eigenvalue weighted by Crippen LogP contribution is 2.12. The molecule has 172 valence electrons. The maximum atomic E-state index is 13.4. The molecule has 0 radical (unpaired) electrons. The average Bonchev–Trinajstić information content (AvgIpc) is 2.71. The third-order valence-corrected chi connectivity index (χ3v) is 5.73. The van der Waals surface area contributed by atoms with Crippen molar-refractivity contribution in [3.8, 4) is 0 Å². The molecule has 0 atom stereocenters. The van der Waals surface area contributed by atoms with Gasteiger partial charge in [-0.2, -0.15) is 0 Å². The summed E-state index contributed by atoms with van der Waals surface area (Å²) in [5.41, 5.74) is 1.72. The van der Waals surface area contributed by atoms with E-state index in [2.05, 4.69) is 15.0 Å². The van der Waals surface area contributed by atoms with E-state index in [1.165, 1.54) is 19.2 Å². The Morgan fingerprint density at radius 1 is 1.16 bits per heavy atom. The van der Waals surface area contributed by atoms with Gasteiger partial charge in [0.05, 0.1) is 18.0 Å². The lowest BCUT2D eigenvalue weighted by molar-refractivity contribution is 0.204. The quantitative estimate of drug-likeness (QED) is 0.201. The SMILES string of the molecule is CCNC(=NCc1ccc(S(=O)(=O)NCCOC)cc1)N(C)Cc1cccc(F)c1.I. The van der Waals surface area contributed by atoms with Crippen LogP contribution in [0.5, 0.6) is 0 Å². The summed E-state index contributed by atoms with van der Waals surface area (Å²) < 4.78 is 45.2. The van der Waals surface area contributed by atoms with Gasteiger partial charge >= 0.3 is 0 Å². The number of hydrogen-bond acceptors (Lipinski definition) is 4. The number of hydrogen-bond donors (Lipinski definition) is 2. The van der Waals surface area contributed by atoms with Gasteiger partial charge in [0.15, 0.2) is 5.96 Å². The van der Waals surface area contributed by atoms with Crippen molar-refractivity contribution in [1.29, 1.82) is 0 Å². The second-order valence-electron chi connectivity index (χ2n) is 6.69. The van der Waals surface area contributed by atoms with E-state index >= 15 is 0 Å². The number of guanidine groups is 1. The summed E-state index contributed by atoms with van der Waals surface area (Å²) in [4.78, 5) is 6.72. The Balaban J connectivity index is 0.00000480. The number of sulfonamides is 1. The molecule has 0 aliphatic carbocycles. The molecule has 2 N–H and O–H groups in total. The van der Waals surface area contributed by atoms with Crippen molar-refractivity contribution < 1.29 is 17.5 Å². The Labute approximate surface area is 201 Å². The molecule has 2 aromatic rings. The van der Waals surface area contributed by atoms with E-state index in [4.69, 9.17) is 4.74 Å². The van der Waals surface area contributed by atoms with Gasteiger partial charge < -0.3 is 15.0 Å². The predicted octanol–water partition coefficient (Wildman–Crippen LogP) is 2.97. The molecule has 31 heavy (non-hydrogen) atoms. The van der Waals surface area contributed by atoms with Crippen molar-refractivity contribution in [3.63, 3.8) is 0 Å². The zero-order valence-electron chi connectivity index (χ0n) is 18.0. The summed E-state index contributed by atoms with van der Waals surface area (Å²) in [6.07, 6.45) is 0. The Hall–Kier alpha value is -1.76. The van der Waals surface area contributed by atoms with Crippen LogP contribution in [-0.4, -0.2) is 53.1 Å². The molecule has 0 spiro atoms. The molecule has 0 aliphatic rings. The molecule has 2 aromatic carbocycles. The molecule has 7 nitrogen and oxygen atoms in total. The second kappa shape index (κ2) is 13.6. The highest BCUT2D eigenvalue weighted by molar-refractivity contribution is 14.0. The molecule has 0 aromatic heterocycles. The first kappa shape index (κ1) is 27.3. The first-order valence-electron chi connectivity index (χ1n) is 9.67. The van der Waals surface area contributed by atoms with Gasteiger partial charge in [-0.1, -0.05) is 24.3 Å². The molecule has 0 heterocycles. The van der Waals surface area contributed by atoms with Gasteiger partial charge in [0.2, 0.25) is 10.0 Å². The van der Waals surface area contributed by atoms with Crippen molar-refractivity contribution in [3.05, 3.63) is 65.5 Å². The van der Waals surface area contributed by atoms with Gasteiger partial charge in [0.25, 0.3) is 0 Å². The van der Waals surface area contributed by atoms with Crippen LogP contribution in [0.4, 0.5) is 4.39 Å². The van der Waals surface area contributed by atoms with Crippen molar-refractivity contribution in [2.24, 2.45) is 4.99 Å². The maximum Gasteiger partial charge on any atom is 0.240 e. The Bertz CT molecular complexity index is 940. The van der Waals surface area contributed by atoms with E-state index in [-0.39, 0.29) is 41.2 Å². The monoisotopic (exact) mass is 564 g/mol. The number of benzene rings is 2. The van der Waals surface area contributed by atoms with Crippen LogP contribution >= 0.6 is 24.0 Å². The topological polar surface area (TPSA) is 83.0 Å². The van der Waals surface area contributed by atoms with Gasteiger partial charge in [0, 0.05) is 33.8 Å². The fourth-order valence-electron chi connectivity index (χ4n) is 2.76. The van der Waals surface area contributed by atoms with E-state index in [1.54, 1.807) is 30.3 Å². The van der Waals surface area contributed by atoms with Crippen LogP contribution in [-0.2, 0) is 27.8 Å². The molecular weight excluding hydrogens is 534 g/mol. The summed E-state index contributed by atoms with van der Waals surface area (Å²) in [6.45, 7) is 4.08. The Morgan fingerprint density at radius 3 is 2.48 bits per heavy atom. The van der Waals surface area contributed by atoms with E-state index in [1.807, 2.05) is 24.9 Å². The lowest BCUT2D eigenvalue weighted by Crippen LogP contribution is -2.38. The number of rotatable bonds is 10. The van der Waals surface area contributed by atoms with Crippen LogP contribution in [0.3, 0.4) is 0 Å². The smallest absolute Gasteiger partial charge is 0.240 e. The fourth-order valence-corrected chi connectivity index (χ4v) is 3.77. The average molecular weight is 564 g/mol. The van der Waals surface area contributed by atoms with E-state index < -0.39 is 10.0 Å². The number of aliphatic imine (C=N–C) groups is 1. The van der Waals surface area contributed by atoms with E-state index in [0.29, 0.717) is 32.2 Å². The Kier molecular flexibility index (Phi) is 12.0. The van der Waals surface area contributed by atoms with Gasteiger partial charge in [-0.3, -0.25) is 0 Å². The number of ether oxygens (including phenoxy) is 1. The van der Waals surface area contributed by atoms with Crippen LogP contribution < -0.4 is 10.0 Å². The van der Waals surface area contributed by atoms with Crippen LogP contribution in [0.25, 0.3) is 0 Å². The molecule has 0 saturated heterocycles. The van der Waals surface area contributed by atoms with E-state index in [0.717, 1.165) is 11.1 Å². The molecule has 0 unspecified atom stereocenters. The van der Waals surface area contributed by atoms with Crippen LogP contribution in [0.2, 0.25) is 0 Å². The number of halogens is 2. The summed E-state index contributed by atoms with van der Waals surface area (Å²) in [6, 6.07) is 13.1. The number of nitrogens with zero attached hydrogens (tertiary/aromatic N) is 2.